The van der Waals surface area contributed by atoms with Crippen LogP contribution in [0, 0.1) is 19.8 Å². The third-order valence-electron chi connectivity index (χ3n) is 3.06. The van der Waals surface area contributed by atoms with Crippen molar-refractivity contribution < 1.29 is 4.79 Å². The number of halogens is 1. The summed E-state index contributed by atoms with van der Waals surface area (Å²) in [6, 6.07) is 3.66. The number of hydrogen-bond donors (Lipinski definition) is 1. The average molecular weight is 253 g/mol. The van der Waals surface area contributed by atoms with E-state index in [9.17, 15) is 4.79 Å². The van der Waals surface area contributed by atoms with Gasteiger partial charge in [-0.15, -0.1) is 11.6 Å². The number of hydrogen-bond acceptors (Lipinski definition) is 2. The molecule has 1 heterocycles. The minimum absolute atomic E-state index is 0.0673. The molecule has 0 radical (unpaired) electrons. The van der Waals surface area contributed by atoms with E-state index in [-0.39, 0.29) is 11.3 Å². The number of aryl methyl sites for hydroxylation is 2. The van der Waals surface area contributed by atoms with E-state index >= 15 is 0 Å². The van der Waals surface area contributed by atoms with Gasteiger partial charge < -0.3 is 5.32 Å². The maximum Gasteiger partial charge on any atom is 0.253 e. The summed E-state index contributed by atoms with van der Waals surface area (Å²) >= 11 is 6.14. The number of amides is 1. The number of carbonyl (C=O) groups is 1. The monoisotopic (exact) mass is 252 g/mol. The van der Waals surface area contributed by atoms with E-state index in [1.165, 1.54) is 12.8 Å². The van der Waals surface area contributed by atoms with Gasteiger partial charge in [0.2, 0.25) is 0 Å². The highest BCUT2D eigenvalue weighted by Crippen LogP contribution is 2.35. The molecule has 0 bridgehead atoms. The molecule has 17 heavy (non-hydrogen) atoms. The second-order valence-electron chi connectivity index (χ2n) is 4.65. The third kappa shape index (κ3) is 3.19. The number of nitrogens with zero attached hydrogens (tertiary/aromatic N) is 1. The number of alkyl halides is 1. The van der Waals surface area contributed by atoms with Crippen molar-refractivity contribution in [3.8, 4) is 0 Å². The van der Waals surface area contributed by atoms with Gasteiger partial charge in [-0.1, -0.05) is 0 Å². The first-order valence-electron chi connectivity index (χ1n) is 5.94. The molecule has 4 heteroatoms. The lowest BCUT2D eigenvalue weighted by Gasteiger charge is -2.11. The molecule has 1 aliphatic rings. The van der Waals surface area contributed by atoms with Gasteiger partial charge in [-0.05, 0) is 44.7 Å². The Balaban J connectivity index is 1.94. The maximum atomic E-state index is 11.9. The van der Waals surface area contributed by atoms with E-state index in [0.29, 0.717) is 18.0 Å². The van der Waals surface area contributed by atoms with Crippen LogP contribution in [0.25, 0.3) is 0 Å². The molecule has 3 nitrogen and oxygen atoms in total. The van der Waals surface area contributed by atoms with Crippen molar-refractivity contribution in [3.05, 3.63) is 29.1 Å². The van der Waals surface area contributed by atoms with Gasteiger partial charge in [0, 0.05) is 12.2 Å². The zero-order chi connectivity index (χ0) is 12.4. The third-order valence-corrected chi connectivity index (χ3v) is 3.57. The second-order valence-corrected chi connectivity index (χ2v) is 5.21. The highest BCUT2D eigenvalue weighted by atomic mass is 35.5. The molecule has 1 amide bonds. The molecule has 1 atom stereocenters. The summed E-state index contributed by atoms with van der Waals surface area (Å²) in [4.78, 5) is 16.2. The molecule has 0 spiro atoms. The van der Waals surface area contributed by atoms with E-state index in [1.54, 1.807) is 0 Å². The first-order chi connectivity index (χ1) is 8.08. The lowest BCUT2D eigenvalue weighted by atomic mass is 10.1. The number of aromatic nitrogens is 1. The molecule has 1 aromatic heterocycles. The van der Waals surface area contributed by atoms with Gasteiger partial charge in [0.15, 0.2) is 0 Å². The first kappa shape index (κ1) is 12.4. The summed E-state index contributed by atoms with van der Waals surface area (Å²) < 4.78 is 0. The quantitative estimate of drug-likeness (QED) is 0.837. The van der Waals surface area contributed by atoms with Gasteiger partial charge in [-0.2, -0.15) is 0 Å². The van der Waals surface area contributed by atoms with Gasteiger partial charge in [-0.25, -0.2) is 0 Å². The Bertz CT molecular complexity index is 429. The molecule has 1 saturated carbocycles. The molecule has 0 aromatic carbocycles. The smallest absolute Gasteiger partial charge is 0.253 e. The van der Waals surface area contributed by atoms with E-state index < -0.39 is 0 Å². The second kappa shape index (κ2) is 5.05. The largest absolute Gasteiger partial charge is 0.350 e. The fourth-order valence-corrected chi connectivity index (χ4v) is 2.17. The Morgan fingerprint density at radius 1 is 1.53 bits per heavy atom. The first-order valence-corrected chi connectivity index (χ1v) is 6.38. The van der Waals surface area contributed by atoms with Crippen LogP contribution >= 0.6 is 11.6 Å². The molecule has 0 aliphatic heterocycles. The van der Waals surface area contributed by atoms with Crippen molar-refractivity contribution in [1.82, 2.24) is 10.3 Å². The van der Waals surface area contributed by atoms with Crippen LogP contribution < -0.4 is 5.32 Å². The van der Waals surface area contributed by atoms with E-state index in [0.717, 1.165) is 11.4 Å². The van der Waals surface area contributed by atoms with E-state index in [1.807, 2.05) is 26.0 Å². The number of rotatable bonds is 4. The van der Waals surface area contributed by atoms with Crippen LogP contribution in [0.3, 0.4) is 0 Å². The van der Waals surface area contributed by atoms with Crippen LogP contribution in [0.15, 0.2) is 12.1 Å². The van der Waals surface area contributed by atoms with Crippen molar-refractivity contribution in [2.75, 3.05) is 6.54 Å². The fraction of sp³-hybridized carbons (Fsp3) is 0.538. The van der Waals surface area contributed by atoms with Crippen LogP contribution in [-0.2, 0) is 0 Å². The van der Waals surface area contributed by atoms with Crippen molar-refractivity contribution in [2.45, 2.75) is 32.1 Å². The molecular weight excluding hydrogens is 236 g/mol. The molecule has 2 rings (SSSR count). The van der Waals surface area contributed by atoms with Crippen molar-refractivity contribution in [3.63, 3.8) is 0 Å². The Kier molecular flexibility index (Phi) is 3.67. The summed E-state index contributed by atoms with van der Waals surface area (Å²) in [6.07, 6.45) is 2.38. The lowest BCUT2D eigenvalue weighted by molar-refractivity contribution is 0.0952. The lowest BCUT2D eigenvalue weighted by Crippen LogP contribution is -2.31. The molecule has 1 aromatic rings. The van der Waals surface area contributed by atoms with Gasteiger partial charge in [0.05, 0.1) is 16.6 Å². The summed E-state index contributed by atoms with van der Waals surface area (Å²) in [5.41, 5.74) is 2.32. The van der Waals surface area contributed by atoms with Crippen molar-refractivity contribution in [2.24, 2.45) is 5.92 Å². The topological polar surface area (TPSA) is 42.0 Å². The van der Waals surface area contributed by atoms with Gasteiger partial charge in [0.1, 0.15) is 0 Å². The highest BCUT2D eigenvalue weighted by molar-refractivity contribution is 6.21. The Morgan fingerprint density at radius 3 is 2.82 bits per heavy atom. The van der Waals surface area contributed by atoms with E-state index in [2.05, 4.69) is 10.3 Å². The Labute approximate surface area is 107 Å². The predicted octanol–water partition coefficient (Wildman–Crippen LogP) is 2.45. The summed E-state index contributed by atoms with van der Waals surface area (Å²) in [5, 5.41) is 2.94. The fourth-order valence-electron chi connectivity index (χ4n) is 1.84. The summed E-state index contributed by atoms with van der Waals surface area (Å²) in [6.45, 7) is 4.30. The SMILES string of the molecule is Cc1ccc(C(=O)NCC(Cl)C2CC2)c(C)n1. The molecule has 1 fully saturated rings. The zero-order valence-electron chi connectivity index (χ0n) is 10.2. The van der Waals surface area contributed by atoms with Crippen LogP contribution in [-0.4, -0.2) is 22.8 Å². The molecule has 92 valence electrons. The summed E-state index contributed by atoms with van der Waals surface area (Å²) in [7, 11) is 0. The van der Waals surface area contributed by atoms with Crippen LogP contribution in [0.1, 0.15) is 34.6 Å². The van der Waals surface area contributed by atoms with Crippen LogP contribution in [0.5, 0.6) is 0 Å². The van der Waals surface area contributed by atoms with Gasteiger partial charge in [-0.3, -0.25) is 9.78 Å². The number of nitrogens with one attached hydrogen (secondary N) is 1. The van der Waals surface area contributed by atoms with Gasteiger partial charge >= 0.3 is 0 Å². The van der Waals surface area contributed by atoms with Crippen LogP contribution in [0.4, 0.5) is 0 Å². The summed E-state index contributed by atoms with van der Waals surface area (Å²) in [5.74, 6) is 0.510. The Hall–Kier alpha value is -1.09. The van der Waals surface area contributed by atoms with Crippen molar-refractivity contribution in [1.29, 1.82) is 0 Å². The molecule has 1 unspecified atom stereocenters. The van der Waals surface area contributed by atoms with Gasteiger partial charge in [0.25, 0.3) is 5.91 Å². The molecule has 1 N–H and O–H groups in total. The number of carbonyl (C=O) groups excluding carboxylic acids is 1. The zero-order valence-corrected chi connectivity index (χ0v) is 10.9. The minimum Gasteiger partial charge on any atom is -0.350 e. The van der Waals surface area contributed by atoms with Crippen molar-refractivity contribution >= 4 is 17.5 Å². The normalized spacial score (nSPS) is 16.6. The predicted molar refractivity (Wildman–Crippen MR) is 68.4 cm³/mol. The maximum absolute atomic E-state index is 11.9. The molecular formula is C13H17ClN2O. The highest BCUT2D eigenvalue weighted by Gasteiger charge is 2.29. The molecule has 1 aliphatic carbocycles. The average Bonchev–Trinajstić information content (AvgIpc) is 3.09. The van der Waals surface area contributed by atoms with E-state index in [4.69, 9.17) is 11.6 Å². The minimum atomic E-state index is -0.0821. The standard InChI is InChI=1S/C13H17ClN2O/c1-8-3-6-11(9(2)16-8)13(17)15-7-12(14)10-4-5-10/h3,6,10,12H,4-5,7H2,1-2H3,(H,15,17). The van der Waals surface area contributed by atoms with Crippen LogP contribution in [0.2, 0.25) is 0 Å². The Morgan fingerprint density at radius 2 is 2.24 bits per heavy atom. The molecule has 0 saturated heterocycles. The number of pyridine rings is 1.